The molecule has 1 aromatic carbocycles. The Morgan fingerprint density at radius 1 is 1.25 bits per heavy atom. The number of hydrogen-bond donors (Lipinski definition) is 3. The zero-order valence-electron chi connectivity index (χ0n) is 12.8. The highest BCUT2D eigenvalue weighted by Crippen LogP contribution is 2.18. The van der Waals surface area contributed by atoms with E-state index in [-0.39, 0.29) is 0 Å². The maximum absolute atomic E-state index is 11.4. The molecule has 0 aromatic heterocycles. The van der Waals surface area contributed by atoms with Crippen molar-refractivity contribution in [2.24, 2.45) is 5.73 Å². The highest BCUT2D eigenvalue weighted by atomic mass is 16.1. The standard InChI is InChI=1S/C15H26N4O/c1-10(2)19(11(3)4)8-7-18-14-9-12(16)5-6-13(14)15(17)20/h5-6,9-11,18H,7-8,16H2,1-4H3,(H2,17,20). The lowest BCUT2D eigenvalue weighted by Gasteiger charge is -2.30. The predicted molar refractivity (Wildman–Crippen MR) is 84.8 cm³/mol. The van der Waals surface area contributed by atoms with Gasteiger partial charge < -0.3 is 16.8 Å². The van der Waals surface area contributed by atoms with Crippen molar-refractivity contribution in [3.63, 3.8) is 0 Å². The Bertz CT molecular complexity index is 449. The Kier molecular flexibility index (Phi) is 5.82. The van der Waals surface area contributed by atoms with Gasteiger partial charge in [-0.2, -0.15) is 0 Å². The molecule has 0 atom stereocenters. The van der Waals surface area contributed by atoms with Crippen LogP contribution in [0.1, 0.15) is 38.1 Å². The average molecular weight is 278 g/mol. The molecule has 20 heavy (non-hydrogen) atoms. The van der Waals surface area contributed by atoms with E-state index < -0.39 is 5.91 Å². The number of primary amides is 1. The van der Waals surface area contributed by atoms with Crippen molar-refractivity contribution in [2.75, 3.05) is 24.1 Å². The molecule has 5 N–H and O–H groups in total. The van der Waals surface area contributed by atoms with Crippen molar-refractivity contribution in [3.05, 3.63) is 23.8 Å². The minimum atomic E-state index is -0.447. The summed E-state index contributed by atoms with van der Waals surface area (Å²) in [5.41, 5.74) is 12.9. The van der Waals surface area contributed by atoms with E-state index in [1.807, 2.05) is 0 Å². The Morgan fingerprint density at radius 3 is 2.35 bits per heavy atom. The third-order valence-electron chi connectivity index (χ3n) is 3.32. The van der Waals surface area contributed by atoms with Gasteiger partial charge in [0.1, 0.15) is 0 Å². The molecule has 0 heterocycles. The number of nitrogens with two attached hydrogens (primary N) is 2. The van der Waals surface area contributed by atoms with Crippen molar-refractivity contribution in [3.8, 4) is 0 Å². The summed E-state index contributed by atoms with van der Waals surface area (Å²) in [5, 5.41) is 3.25. The fraction of sp³-hybridized carbons (Fsp3) is 0.533. The second-order valence-electron chi connectivity index (χ2n) is 5.52. The van der Waals surface area contributed by atoms with Crippen LogP contribution in [0.4, 0.5) is 11.4 Å². The van der Waals surface area contributed by atoms with Crippen molar-refractivity contribution in [2.45, 2.75) is 39.8 Å². The number of nitrogens with zero attached hydrogens (tertiary/aromatic N) is 1. The zero-order valence-corrected chi connectivity index (χ0v) is 12.8. The second kappa shape index (κ2) is 7.14. The number of amides is 1. The van der Waals surface area contributed by atoms with Crippen LogP contribution in [0.2, 0.25) is 0 Å². The van der Waals surface area contributed by atoms with Crippen LogP contribution in [0.3, 0.4) is 0 Å². The van der Waals surface area contributed by atoms with Crippen LogP contribution in [-0.4, -0.2) is 36.0 Å². The van der Waals surface area contributed by atoms with E-state index >= 15 is 0 Å². The van der Waals surface area contributed by atoms with Crippen molar-refractivity contribution in [1.82, 2.24) is 4.90 Å². The summed E-state index contributed by atoms with van der Waals surface area (Å²) in [6.45, 7) is 10.3. The molecule has 5 heteroatoms. The predicted octanol–water partition coefficient (Wildman–Crippen LogP) is 1.90. The highest BCUT2D eigenvalue weighted by molar-refractivity contribution is 5.99. The topological polar surface area (TPSA) is 84.4 Å². The normalized spacial score (nSPS) is 11.3. The summed E-state index contributed by atoms with van der Waals surface area (Å²) >= 11 is 0. The fourth-order valence-electron chi connectivity index (χ4n) is 2.36. The van der Waals surface area contributed by atoms with E-state index in [1.165, 1.54) is 0 Å². The second-order valence-corrected chi connectivity index (χ2v) is 5.52. The van der Waals surface area contributed by atoms with Crippen molar-refractivity contribution >= 4 is 17.3 Å². The van der Waals surface area contributed by atoms with E-state index in [9.17, 15) is 4.79 Å². The first kappa shape index (κ1) is 16.3. The van der Waals surface area contributed by atoms with Crippen LogP contribution in [0.15, 0.2) is 18.2 Å². The molecular formula is C15H26N4O. The molecule has 1 aromatic rings. The van der Waals surface area contributed by atoms with Crippen LogP contribution < -0.4 is 16.8 Å². The Hall–Kier alpha value is -1.75. The van der Waals surface area contributed by atoms with E-state index in [4.69, 9.17) is 11.5 Å². The lowest BCUT2D eigenvalue weighted by atomic mass is 10.1. The van der Waals surface area contributed by atoms with E-state index in [1.54, 1.807) is 18.2 Å². The van der Waals surface area contributed by atoms with E-state index in [0.717, 1.165) is 13.1 Å². The molecule has 0 spiro atoms. The molecule has 0 bridgehead atoms. The molecule has 0 aliphatic rings. The van der Waals surface area contributed by atoms with E-state index in [0.29, 0.717) is 29.0 Å². The number of carbonyl (C=O) groups is 1. The van der Waals surface area contributed by atoms with Gasteiger partial charge in [0, 0.05) is 36.5 Å². The van der Waals surface area contributed by atoms with Gasteiger partial charge in [0.05, 0.1) is 5.56 Å². The molecular weight excluding hydrogens is 252 g/mol. The molecule has 0 aliphatic carbocycles. The maximum atomic E-state index is 11.4. The van der Waals surface area contributed by atoms with Crippen molar-refractivity contribution in [1.29, 1.82) is 0 Å². The molecule has 0 unspecified atom stereocenters. The van der Waals surface area contributed by atoms with Crippen LogP contribution in [-0.2, 0) is 0 Å². The first-order valence-corrected chi connectivity index (χ1v) is 7.02. The van der Waals surface area contributed by atoms with Gasteiger partial charge in [0.25, 0.3) is 5.91 Å². The monoisotopic (exact) mass is 278 g/mol. The lowest BCUT2D eigenvalue weighted by molar-refractivity contribution is 0.100. The number of nitrogens with one attached hydrogen (secondary N) is 1. The quantitative estimate of drug-likeness (QED) is 0.665. The summed E-state index contributed by atoms with van der Waals surface area (Å²) in [6.07, 6.45) is 0. The minimum Gasteiger partial charge on any atom is -0.399 e. The molecule has 1 rings (SSSR count). The summed E-state index contributed by atoms with van der Waals surface area (Å²) in [7, 11) is 0. The molecule has 5 nitrogen and oxygen atoms in total. The molecule has 1 amide bonds. The Labute approximate surface area is 121 Å². The largest absolute Gasteiger partial charge is 0.399 e. The van der Waals surface area contributed by atoms with Gasteiger partial charge in [-0.15, -0.1) is 0 Å². The number of anilines is 2. The van der Waals surface area contributed by atoms with Crippen LogP contribution in [0.25, 0.3) is 0 Å². The number of rotatable bonds is 7. The first-order valence-electron chi connectivity index (χ1n) is 7.02. The summed E-state index contributed by atoms with van der Waals surface area (Å²) in [6, 6.07) is 6.04. The number of benzene rings is 1. The van der Waals surface area contributed by atoms with Crippen LogP contribution >= 0.6 is 0 Å². The number of carbonyl (C=O) groups excluding carboxylic acids is 1. The Morgan fingerprint density at radius 2 is 1.85 bits per heavy atom. The smallest absolute Gasteiger partial charge is 0.250 e. The van der Waals surface area contributed by atoms with Gasteiger partial charge in [0.2, 0.25) is 0 Å². The molecule has 0 radical (unpaired) electrons. The summed E-state index contributed by atoms with van der Waals surface area (Å²) in [5.74, 6) is -0.447. The highest BCUT2D eigenvalue weighted by Gasteiger charge is 2.13. The molecule has 0 saturated carbocycles. The molecule has 112 valence electrons. The van der Waals surface area contributed by atoms with Gasteiger partial charge in [-0.05, 0) is 45.9 Å². The van der Waals surface area contributed by atoms with Gasteiger partial charge in [-0.25, -0.2) is 0 Å². The van der Waals surface area contributed by atoms with Gasteiger partial charge in [-0.3, -0.25) is 9.69 Å². The minimum absolute atomic E-state index is 0.447. The van der Waals surface area contributed by atoms with Crippen LogP contribution in [0.5, 0.6) is 0 Å². The van der Waals surface area contributed by atoms with E-state index in [2.05, 4.69) is 37.9 Å². The zero-order chi connectivity index (χ0) is 15.3. The third-order valence-corrected chi connectivity index (χ3v) is 3.32. The SMILES string of the molecule is CC(C)N(CCNc1cc(N)ccc1C(N)=O)C(C)C. The van der Waals surface area contributed by atoms with Crippen molar-refractivity contribution < 1.29 is 4.79 Å². The first-order chi connectivity index (χ1) is 9.32. The molecule has 0 fully saturated rings. The number of nitrogen functional groups attached to an aromatic ring is 1. The Balaban J connectivity index is 2.70. The molecule has 0 saturated heterocycles. The molecule has 0 aliphatic heterocycles. The average Bonchev–Trinajstić information content (AvgIpc) is 2.33. The lowest BCUT2D eigenvalue weighted by Crippen LogP contribution is -2.40. The third kappa shape index (κ3) is 4.42. The summed E-state index contributed by atoms with van der Waals surface area (Å²) in [4.78, 5) is 13.8. The number of hydrogen-bond acceptors (Lipinski definition) is 4. The van der Waals surface area contributed by atoms with Gasteiger partial charge in [0.15, 0.2) is 0 Å². The maximum Gasteiger partial charge on any atom is 0.250 e. The summed E-state index contributed by atoms with van der Waals surface area (Å²) < 4.78 is 0. The van der Waals surface area contributed by atoms with Crippen LogP contribution in [0, 0.1) is 0 Å². The van der Waals surface area contributed by atoms with Gasteiger partial charge >= 0.3 is 0 Å². The fourth-order valence-corrected chi connectivity index (χ4v) is 2.36. The van der Waals surface area contributed by atoms with Gasteiger partial charge in [-0.1, -0.05) is 0 Å².